The van der Waals surface area contributed by atoms with E-state index in [4.69, 9.17) is 5.11 Å². The molecule has 6 heteroatoms. The van der Waals surface area contributed by atoms with Gasteiger partial charge in [0.15, 0.2) is 0 Å². The molecule has 0 aliphatic carbocycles. The van der Waals surface area contributed by atoms with E-state index < -0.39 is 12.2 Å². The summed E-state index contributed by atoms with van der Waals surface area (Å²) in [5.74, 6) is -0.533. The lowest BCUT2D eigenvalue weighted by Gasteiger charge is -2.40. The molecule has 1 fully saturated rings. The fraction of sp³-hybridized carbons (Fsp3) is 0.462. The number of amides is 1. The molecule has 1 aromatic rings. The Hall–Kier alpha value is -1.11. The minimum absolute atomic E-state index is 0.0760. The fourth-order valence-electron chi connectivity index (χ4n) is 2.63. The van der Waals surface area contributed by atoms with Gasteiger partial charge in [0.1, 0.15) is 0 Å². The maximum Gasteiger partial charge on any atom is 0.407 e. The molecular weight excluding hydrogens is 314 g/mol. The standard InChI is InChI=1S/C13H16BrNO4/c14-10-3-1-8(2-4-10)12-9(7-16)5-15(13(18)19)6-11(12)17/h1-4,9,11-12,16-17H,5-7H2,(H,18,19). The number of carbonyl (C=O) groups is 1. The van der Waals surface area contributed by atoms with Gasteiger partial charge < -0.3 is 20.2 Å². The lowest BCUT2D eigenvalue weighted by Crippen LogP contribution is -2.51. The molecule has 0 spiro atoms. The van der Waals surface area contributed by atoms with Crippen molar-refractivity contribution >= 4 is 22.0 Å². The van der Waals surface area contributed by atoms with Crippen LogP contribution in [0, 0.1) is 5.92 Å². The summed E-state index contributed by atoms with van der Waals surface area (Å²) in [6.07, 6.45) is -1.87. The minimum atomic E-state index is -1.06. The Morgan fingerprint density at radius 2 is 1.95 bits per heavy atom. The molecule has 1 saturated heterocycles. The molecule has 1 aliphatic heterocycles. The quantitative estimate of drug-likeness (QED) is 0.768. The monoisotopic (exact) mass is 329 g/mol. The van der Waals surface area contributed by atoms with E-state index in [2.05, 4.69) is 15.9 Å². The number of hydrogen-bond acceptors (Lipinski definition) is 3. The largest absolute Gasteiger partial charge is 0.465 e. The number of rotatable bonds is 2. The van der Waals surface area contributed by atoms with Crippen LogP contribution in [0.5, 0.6) is 0 Å². The first-order valence-corrected chi connectivity index (χ1v) is 6.84. The molecule has 1 aliphatic rings. The molecule has 1 amide bonds. The highest BCUT2D eigenvalue weighted by atomic mass is 79.9. The van der Waals surface area contributed by atoms with Gasteiger partial charge >= 0.3 is 6.09 Å². The van der Waals surface area contributed by atoms with E-state index in [1.165, 1.54) is 0 Å². The molecule has 1 aromatic carbocycles. The number of benzene rings is 1. The van der Waals surface area contributed by atoms with Gasteiger partial charge in [-0.25, -0.2) is 4.79 Å². The Labute approximate surface area is 119 Å². The summed E-state index contributed by atoms with van der Waals surface area (Å²) in [6, 6.07) is 7.52. The number of hydrogen-bond donors (Lipinski definition) is 3. The summed E-state index contributed by atoms with van der Waals surface area (Å²) in [5, 5.41) is 28.6. The van der Waals surface area contributed by atoms with Gasteiger partial charge in [0.2, 0.25) is 0 Å². The first-order chi connectivity index (χ1) is 9.02. The average molecular weight is 330 g/mol. The van der Waals surface area contributed by atoms with Crippen molar-refractivity contribution in [3.63, 3.8) is 0 Å². The fourth-order valence-corrected chi connectivity index (χ4v) is 2.90. The van der Waals surface area contributed by atoms with E-state index in [0.29, 0.717) is 0 Å². The second-order valence-electron chi connectivity index (χ2n) is 4.77. The van der Waals surface area contributed by atoms with Crippen molar-refractivity contribution in [1.29, 1.82) is 0 Å². The molecule has 1 heterocycles. The first kappa shape index (κ1) is 14.3. The van der Waals surface area contributed by atoms with Crippen LogP contribution in [0.3, 0.4) is 0 Å². The second kappa shape index (κ2) is 5.90. The highest BCUT2D eigenvalue weighted by molar-refractivity contribution is 9.10. The third-order valence-corrected chi connectivity index (χ3v) is 4.07. The van der Waals surface area contributed by atoms with Crippen LogP contribution in [-0.2, 0) is 0 Å². The Morgan fingerprint density at radius 3 is 2.47 bits per heavy atom. The van der Waals surface area contributed by atoms with E-state index in [-0.39, 0.29) is 31.5 Å². The van der Waals surface area contributed by atoms with E-state index in [9.17, 15) is 15.0 Å². The summed E-state index contributed by atoms with van der Waals surface area (Å²) < 4.78 is 0.939. The summed E-state index contributed by atoms with van der Waals surface area (Å²) in [7, 11) is 0. The number of carboxylic acid groups (broad SMARTS) is 1. The molecule has 3 unspecified atom stereocenters. The zero-order valence-corrected chi connectivity index (χ0v) is 11.8. The van der Waals surface area contributed by atoms with E-state index in [1.54, 1.807) is 0 Å². The predicted octanol–water partition coefficient (Wildman–Crippen LogP) is 1.50. The smallest absolute Gasteiger partial charge is 0.407 e. The van der Waals surface area contributed by atoms with Gasteiger partial charge in [-0.2, -0.15) is 0 Å². The molecule has 0 aromatic heterocycles. The Balaban J connectivity index is 2.24. The number of nitrogens with zero attached hydrogens (tertiary/aromatic N) is 1. The summed E-state index contributed by atoms with van der Waals surface area (Å²) in [6.45, 7) is 0.164. The predicted molar refractivity (Wildman–Crippen MR) is 73.1 cm³/mol. The number of aliphatic hydroxyl groups excluding tert-OH is 2. The van der Waals surface area contributed by atoms with Crippen LogP contribution < -0.4 is 0 Å². The Kier molecular flexibility index (Phi) is 4.44. The van der Waals surface area contributed by atoms with Gasteiger partial charge in [0.25, 0.3) is 0 Å². The number of piperidine rings is 1. The van der Waals surface area contributed by atoms with Gasteiger partial charge in [-0.1, -0.05) is 28.1 Å². The minimum Gasteiger partial charge on any atom is -0.465 e. The van der Waals surface area contributed by atoms with Crippen molar-refractivity contribution in [2.45, 2.75) is 12.0 Å². The molecule has 104 valence electrons. The molecule has 19 heavy (non-hydrogen) atoms. The van der Waals surface area contributed by atoms with Crippen LogP contribution in [-0.4, -0.2) is 52.1 Å². The van der Waals surface area contributed by atoms with Crippen molar-refractivity contribution in [3.05, 3.63) is 34.3 Å². The summed E-state index contributed by atoms with van der Waals surface area (Å²) in [4.78, 5) is 12.1. The van der Waals surface area contributed by atoms with Crippen LogP contribution in [0.2, 0.25) is 0 Å². The highest BCUT2D eigenvalue weighted by Crippen LogP contribution is 2.33. The van der Waals surface area contributed by atoms with Crippen molar-refractivity contribution in [2.75, 3.05) is 19.7 Å². The van der Waals surface area contributed by atoms with Gasteiger partial charge in [-0.05, 0) is 17.7 Å². The summed E-state index contributed by atoms with van der Waals surface area (Å²) >= 11 is 3.35. The van der Waals surface area contributed by atoms with Crippen molar-refractivity contribution in [1.82, 2.24) is 4.90 Å². The molecule has 5 nitrogen and oxygen atoms in total. The Bertz CT molecular complexity index is 450. The lowest BCUT2D eigenvalue weighted by molar-refractivity contribution is 0.00501. The van der Waals surface area contributed by atoms with Gasteiger partial charge in [-0.15, -0.1) is 0 Å². The second-order valence-corrected chi connectivity index (χ2v) is 5.69. The normalized spacial score (nSPS) is 27.3. The third kappa shape index (κ3) is 3.08. The highest BCUT2D eigenvalue weighted by Gasteiger charge is 2.38. The van der Waals surface area contributed by atoms with Gasteiger partial charge in [0.05, 0.1) is 12.6 Å². The van der Waals surface area contributed by atoms with Crippen LogP contribution in [0.1, 0.15) is 11.5 Å². The molecule has 3 N–H and O–H groups in total. The van der Waals surface area contributed by atoms with Crippen molar-refractivity contribution in [2.24, 2.45) is 5.92 Å². The zero-order valence-electron chi connectivity index (χ0n) is 10.2. The van der Waals surface area contributed by atoms with E-state index in [1.807, 2.05) is 24.3 Å². The average Bonchev–Trinajstić information content (AvgIpc) is 2.39. The van der Waals surface area contributed by atoms with Crippen LogP contribution in [0.25, 0.3) is 0 Å². The molecule has 0 saturated carbocycles. The van der Waals surface area contributed by atoms with Crippen molar-refractivity contribution in [3.8, 4) is 0 Å². The third-order valence-electron chi connectivity index (χ3n) is 3.54. The van der Waals surface area contributed by atoms with Gasteiger partial charge in [-0.3, -0.25) is 0 Å². The van der Waals surface area contributed by atoms with Crippen LogP contribution in [0.15, 0.2) is 28.7 Å². The SMILES string of the molecule is O=C(O)N1CC(O)C(c2ccc(Br)cc2)C(CO)C1. The number of likely N-dealkylation sites (tertiary alicyclic amines) is 1. The topological polar surface area (TPSA) is 81.0 Å². The maximum absolute atomic E-state index is 11.0. The zero-order chi connectivity index (χ0) is 14.0. The molecule has 3 atom stereocenters. The number of aliphatic hydroxyl groups is 2. The lowest BCUT2D eigenvalue weighted by atomic mass is 9.79. The number of β-amino-alcohol motifs (C(OH)–C–C–N with tert-alkyl or cyclic N) is 1. The van der Waals surface area contributed by atoms with Crippen LogP contribution in [0.4, 0.5) is 4.79 Å². The molecule has 0 radical (unpaired) electrons. The first-order valence-electron chi connectivity index (χ1n) is 6.05. The van der Waals surface area contributed by atoms with E-state index >= 15 is 0 Å². The Morgan fingerprint density at radius 1 is 1.32 bits per heavy atom. The van der Waals surface area contributed by atoms with Crippen molar-refractivity contribution < 1.29 is 20.1 Å². The maximum atomic E-state index is 11.0. The molecule has 2 rings (SSSR count). The van der Waals surface area contributed by atoms with Crippen LogP contribution >= 0.6 is 15.9 Å². The van der Waals surface area contributed by atoms with E-state index in [0.717, 1.165) is 14.9 Å². The summed E-state index contributed by atoms with van der Waals surface area (Å²) in [5.41, 5.74) is 0.916. The molecule has 0 bridgehead atoms. The molecular formula is C13H16BrNO4. The van der Waals surface area contributed by atoms with Gasteiger partial charge in [0, 0.05) is 29.5 Å². The number of halogens is 1.